The molecule has 0 aliphatic heterocycles. The molecule has 86 valence electrons. The second kappa shape index (κ2) is 6.15. The summed E-state index contributed by atoms with van der Waals surface area (Å²) < 4.78 is 0. The van der Waals surface area contributed by atoms with Crippen molar-refractivity contribution >= 4 is 0 Å². The lowest BCUT2D eigenvalue weighted by molar-refractivity contribution is 0.473. The van der Waals surface area contributed by atoms with E-state index in [1.807, 2.05) is 0 Å². The van der Waals surface area contributed by atoms with Gasteiger partial charge in [-0.15, -0.1) is 0 Å². The largest absolute Gasteiger partial charge is 0.0814 e. The third-order valence-corrected chi connectivity index (χ3v) is 3.40. The predicted octanol–water partition coefficient (Wildman–Crippen LogP) is 4.97. The maximum Gasteiger partial charge on any atom is -0.0222 e. The molecule has 1 aliphatic carbocycles. The summed E-state index contributed by atoms with van der Waals surface area (Å²) in [5, 5.41) is 0. The molecule has 0 aromatic carbocycles. The van der Waals surface area contributed by atoms with Crippen molar-refractivity contribution < 1.29 is 0 Å². The van der Waals surface area contributed by atoms with Crippen LogP contribution >= 0.6 is 0 Å². The summed E-state index contributed by atoms with van der Waals surface area (Å²) in [5.74, 6) is 2.27. The minimum atomic E-state index is 0.667. The van der Waals surface area contributed by atoms with Gasteiger partial charge in [-0.05, 0) is 36.2 Å². The van der Waals surface area contributed by atoms with Gasteiger partial charge in [-0.3, -0.25) is 0 Å². The van der Waals surface area contributed by atoms with Crippen LogP contribution in [-0.2, 0) is 0 Å². The third-order valence-electron chi connectivity index (χ3n) is 3.40. The maximum atomic E-state index is 2.45. The van der Waals surface area contributed by atoms with Gasteiger partial charge >= 0.3 is 0 Å². The van der Waals surface area contributed by atoms with E-state index in [0.717, 1.165) is 11.8 Å². The highest BCUT2D eigenvalue weighted by molar-refractivity contribution is 5.21. The molecule has 1 aliphatic rings. The highest BCUT2D eigenvalue weighted by Gasteiger charge is 2.07. The minimum absolute atomic E-state index is 0.667. The maximum absolute atomic E-state index is 2.45. The Morgan fingerprint density at radius 1 is 1.20 bits per heavy atom. The normalized spacial score (nSPS) is 34.6. The van der Waals surface area contributed by atoms with Crippen molar-refractivity contribution in [1.82, 2.24) is 0 Å². The van der Waals surface area contributed by atoms with Crippen LogP contribution < -0.4 is 0 Å². The Morgan fingerprint density at radius 3 is 2.60 bits per heavy atom. The molecule has 0 bridgehead atoms. The Bertz CT molecular complexity index is 232. The molecule has 0 heterocycles. The first-order valence-corrected chi connectivity index (χ1v) is 6.48. The molecular formula is C15H26. The molecule has 0 N–H and O–H groups in total. The zero-order valence-corrected chi connectivity index (χ0v) is 10.8. The lowest BCUT2D eigenvalue weighted by Crippen LogP contribution is -2.00. The smallest absolute Gasteiger partial charge is 0.0222 e. The van der Waals surface area contributed by atoms with Gasteiger partial charge in [0.15, 0.2) is 0 Å². The molecule has 1 rings (SSSR count). The highest BCUT2D eigenvalue weighted by atomic mass is 14.1. The van der Waals surface area contributed by atoms with Gasteiger partial charge in [-0.25, -0.2) is 0 Å². The van der Waals surface area contributed by atoms with E-state index in [1.54, 1.807) is 0 Å². The summed E-state index contributed by atoms with van der Waals surface area (Å²) in [6.45, 7) is 9.29. The SMILES string of the molecule is CC1/C=C/C(C(C)C)=C\CC(C)CCC1. The van der Waals surface area contributed by atoms with Crippen molar-refractivity contribution in [1.29, 1.82) is 0 Å². The fourth-order valence-electron chi connectivity index (χ4n) is 2.11. The molecule has 2 atom stereocenters. The van der Waals surface area contributed by atoms with Crippen LogP contribution in [0.3, 0.4) is 0 Å². The first-order valence-electron chi connectivity index (χ1n) is 6.48. The first kappa shape index (κ1) is 12.5. The second-order valence-electron chi connectivity index (χ2n) is 5.47. The number of hydrogen-bond acceptors (Lipinski definition) is 0. The molecule has 0 amide bonds. The van der Waals surface area contributed by atoms with Gasteiger partial charge in [0, 0.05) is 0 Å². The second-order valence-corrected chi connectivity index (χ2v) is 5.47. The minimum Gasteiger partial charge on any atom is -0.0814 e. The van der Waals surface area contributed by atoms with Gasteiger partial charge in [0.05, 0.1) is 0 Å². The molecule has 0 spiro atoms. The van der Waals surface area contributed by atoms with Crippen LogP contribution in [0.2, 0.25) is 0 Å². The highest BCUT2D eigenvalue weighted by Crippen LogP contribution is 2.22. The van der Waals surface area contributed by atoms with E-state index in [9.17, 15) is 0 Å². The summed E-state index contributed by atoms with van der Waals surface area (Å²) in [7, 11) is 0. The van der Waals surface area contributed by atoms with Crippen molar-refractivity contribution in [2.45, 2.75) is 53.4 Å². The molecular weight excluding hydrogens is 180 g/mol. The van der Waals surface area contributed by atoms with Crippen LogP contribution in [0.1, 0.15) is 53.4 Å². The number of hydrogen-bond donors (Lipinski definition) is 0. The lowest BCUT2D eigenvalue weighted by Gasteiger charge is -2.15. The molecule has 0 radical (unpaired) electrons. The van der Waals surface area contributed by atoms with Crippen molar-refractivity contribution in [3.63, 3.8) is 0 Å². The van der Waals surface area contributed by atoms with E-state index >= 15 is 0 Å². The average Bonchev–Trinajstić information content (AvgIpc) is 2.16. The number of rotatable bonds is 1. The van der Waals surface area contributed by atoms with E-state index in [2.05, 4.69) is 45.9 Å². The zero-order valence-electron chi connectivity index (χ0n) is 10.8. The topological polar surface area (TPSA) is 0 Å². The Kier molecular flexibility index (Phi) is 5.14. The van der Waals surface area contributed by atoms with Gasteiger partial charge in [0.1, 0.15) is 0 Å². The van der Waals surface area contributed by atoms with Crippen LogP contribution in [0.4, 0.5) is 0 Å². The van der Waals surface area contributed by atoms with E-state index in [0.29, 0.717) is 5.92 Å². The Hall–Kier alpha value is -0.520. The molecule has 0 fully saturated rings. The summed E-state index contributed by atoms with van der Waals surface area (Å²) in [6, 6.07) is 0. The lowest BCUT2D eigenvalue weighted by atomic mass is 9.91. The monoisotopic (exact) mass is 206 g/mol. The van der Waals surface area contributed by atoms with Crippen LogP contribution in [0.25, 0.3) is 0 Å². The first-order chi connectivity index (χ1) is 7.09. The number of allylic oxidation sites excluding steroid dienone is 4. The molecule has 0 nitrogen and oxygen atoms in total. The van der Waals surface area contributed by atoms with E-state index < -0.39 is 0 Å². The van der Waals surface area contributed by atoms with Gasteiger partial charge < -0.3 is 0 Å². The van der Waals surface area contributed by atoms with Gasteiger partial charge in [-0.2, -0.15) is 0 Å². The fraction of sp³-hybridized carbons (Fsp3) is 0.733. The van der Waals surface area contributed by atoms with E-state index in [1.165, 1.54) is 31.3 Å². The summed E-state index contributed by atoms with van der Waals surface area (Å²) >= 11 is 0. The summed E-state index contributed by atoms with van der Waals surface area (Å²) in [5.41, 5.74) is 1.52. The Morgan fingerprint density at radius 2 is 1.93 bits per heavy atom. The standard InChI is InChI=1S/C15H26/c1-12(2)15-10-8-13(3)6-5-7-14(4)9-11-15/h8,10-14H,5-7,9H2,1-4H3/b10-8+,15-11+. The molecule has 0 heteroatoms. The van der Waals surface area contributed by atoms with E-state index in [4.69, 9.17) is 0 Å². The van der Waals surface area contributed by atoms with Gasteiger partial charge in [0.25, 0.3) is 0 Å². The Balaban J connectivity index is 2.73. The van der Waals surface area contributed by atoms with Gasteiger partial charge in [-0.1, -0.05) is 58.8 Å². The molecule has 15 heavy (non-hydrogen) atoms. The quantitative estimate of drug-likeness (QED) is 0.568. The zero-order chi connectivity index (χ0) is 11.3. The van der Waals surface area contributed by atoms with Crippen molar-refractivity contribution in [2.24, 2.45) is 17.8 Å². The molecule has 0 saturated heterocycles. The van der Waals surface area contributed by atoms with Crippen LogP contribution in [0.15, 0.2) is 23.8 Å². The predicted molar refractivity (Wildman–Crippen MR) is 68.9 cm³/mol. The molecule has 2 unspecified atom stereocenters. The van der Waals surface area contributed by atoms with Crippen molar-refractivity contribution in [2.75, 3.05) is 0 Å². The summed E-state index contributed by atoms with van der Waals surface area (Å²) in [6.07, 6.45) is 12.6. The van der Waals surface area contributed by atoms with Crippen LogP contribution in [0, 0.1) is 17.8 Å². The van der Waals surface area contributed by atoms with Crippen molar-refractivity contribution in [3.8, 4) is 0 Å². The van der Waals surface area contributed by atoms with Crippen LogP contribution in [-0.4, -0.2) is 0 Å². The van der Waals surface area contributed by atoms with Crippen molar-refractivity contribution in [3.05, 3.63) is 23.8 Å². The molecule has 0 aromatic heterocycles. The molecule has 0 saturated carbocycles. The average molecular weight is 206 g/mol. The Labute approximate surface area is 95.5 Å². The summed E-state index contributed by atoms with van der Waals surface area (Å²) in [4.78, 5) is 0. The van der Waals surface area contributed by atoms with Gasteiger partial charge in [0.2, 0.25) is 0 Å². The fourth-order valence-corrected chi connectivity index (χ4v) is 2.11. The third kappa shape index (κ3) is 4.68. The van der Waals surface area contributed by atoms with E-state index in [-0.39, 0.29) is 0 Å². The van der Waals surface area contributed by atoms with Crippen LogP contribution in [0.5, 0.6) is 0 Å². The molecule has 0 aromatic rings.